The standard InChI is InChI=1S/C27H29FN4O3/c1-4-24(32(6-3)25(33)5-2)27(34)18-7-10-22(28)21(15-18)26-20-9-8-19(16-23(20)29-17-30-26)31-11-13-35-14-12-31/h4-5,7-10,15-17,27,34H,2,6,11-14H2,1,3H3/b24-4-. The predicted octanol–water partition coefficient (Wildman–Crippen LogP) is 4.24. The van der Waals surface area contributed by atoms with Crippen molar-refractivity contribution in [2.75, 3.05) is 37.7 Å². The summed E-state index contributed by atoms with van der Waals surface area (Å²) in [6, 6.07) is 10.3. The minimum atomic E-state index is -1.13. The summed E-state index contributed by atoms with van der Waals surface area (Å²) < 4.78 is 20.5. The molecule has 1 unspecified atom stereocenters. The van der Waals surface area contributed by atoms with Crippen LogP contribution in [0.25, 0.3) is 22.2 Å². The van der Waals surface area contributed by atoms with Gasteiger partial charge in [-0.2, -0.15) is 0 Å². The van der Waals surface area contributed by atoms with Crippen molar-refractivity contribution in [3.8, 4) is 11.3 Å². The molecule has 1 aliphatic rings. The fourth-order valence-electron chi connectivity index (χ4n) is 4.38. The molecule has 0 bridgehead atoms. The molecule has 1 amide bonds. The first-order valence-electron chi connectivity index (χ1n) is 11.6. The van der Waals surface area contributed by atoms with Crippen LogP contribution in [0.3, 0.4) is 0 Å². The second-order valence-corrected chi connectivity index (χ2v) is 8.17. The van der Waals surface area contributed by atoms with Crippen molar-refractivity contribution in [2.24, 2.45) is 0 Å². The molecule has 0 saturated carbocycles. The Labute approximate surface area is 204 Å². The van der Waals surface area contributed by atoms with E-state index in [0.717, 1.165) is 18.8 Å². The first-order valence-corrected chi connectivity index (χ1v) is 11.6. The highest BCUT2D eigenvalue weighted by Crippen LogP contribution is 2.33. The number of carbonyl (C=O) groups is 1. The van der Waals surface area contributed by atoms with Gasteiger partial charge in [0.2, 0.25) is 5.91 Å². The minimum Gasteiger partial charge on any atom is -0.382 e. The minimum absolute atomic E-state index is 0.252. The van der Waals surface area contributed by atoms with Crippen LogP contribution in [0.15, 0.2) is 67.2 Å². The number of benzene rings is 2. The first kappa shape index (κ1) is 24.5. The molecular weight excluding hydrogens is 447 g/mol. The van der Waals surface area contributed by atoms with Crippen molar-refractivity contribution in [1.82, 2.24) is 14.9 Å². The van der Waals surface area contributed by atoms with E-state index in [0.29, 0.717) is 47.6 Å². The Balaban J connectivity index is 1.73. The maximum absolute atomic E-state index is 15.1. The number of amides is 1. The SMILES string of the molecule is C=CC(=O)N(CC)/C(=C\C)C(O)c1ccc(F)c(-c2ncnc3cc(N4CCOCC4)ccc23)c1. The highest BCUT2D eigenvalue weighted by molar-refractivity contribution is 5.94. The normalized spacial score (nSPS) is 15.2. The predicted molar refractivity (Wildman–Crippen MR) is 134 cm³/mol. The fourth-order valence-corrected chi connectivity index (χ4v) is 4.38. The van der Waals surface area contributed by atoms with Crippen molar-refractivity contribution in [1.29, 1.82) is 0 Å². The van der Waals surface area contributed by atoms with E-state index >= 15 is 4.39 Å². The number of rotatable bonds is 7. The van der Waals surface area contributed by atoms with Gasteiger partial charge in [-0.1, -0.05) is 18.7 Å². The molecule has 1 aromatic heterocycles. The van der Waals surface area contributed by atoms with Gasteiger partial charge in [0.05, 0.1) is 24.4 Å². The highest BCUT2D eigenvalue weighted by Gasteiger charge is 2.23. The lowest BCUT2D eigenvalue weighted by atomic mass is 9.98. The van der Waals surface area contributed by atoms with Crippen molar-refractivity contribution in [3.05, 3.63) is 78.5 Å². The molecule has 7 nitrogen and oxygen atoms in total. The fraction of sp³-hybridized carbons (Fsp3) is 0.296. The average Bonchev–Trinajstić information content (AvgIpc) is 2.91. The van der Waals surface area contributed by atoms with E-state index in [9.17, 15) is 9.90 Å². The van der Waals surface area contributed by atoms with Crippen LogP contribution in [-0.2, 0) is 9.53 Å². The lowest BCUT2D eigenvalue weighted by molar-refractivity contribution is -0.124. The lowest BCUT2D eigenvalue weighted by Crippen LogP contribution is -2.36. The molecule has 0 aliphatic carbocycles. The summed E-state index contributed by atoms with van der Waals surface area (Å²) in [6.07, 6.45) is 3.16. The van der Waals surface area contributed by atoms with Crippen LogP contribution in [0, 0.1) is 5.82 Å². The smallest absolute Gasteiger partial charge is 0.250 e. The molecule has 1 aliphatic heterocycles. The van der Waals surface area contributed by atoms with Crippen LogP contribution in [0.2, 0.25) is 0 Å². The van der Waals surface area contributed by atoms with Gasteiger partial charge in [0.25, 0.3) is 0 Å². The zero-order chi connectivity index (χ0) is 24.9. The Morgan fingerprint density at radius 1 is 1.26 bits per heavy atom. The zero-order valence-corrected chi connectivity index (χ0v) is 19.9. The van der Waals surface area contributed by atoms with Crippen LogP contribution in [0.4, 0.5) is 10.1 Å². The van der Waals surface area contributed by atoms with E-state index in [4.69, 9.17) is 4.74 Å². The second-order valence-electron chi connectivity index (χ2n) is 8.17. The number of hydrogen-bond donors (Lipinski definition) is 1. The number of ether oxygens (including phenoxy) is 1. The summed E-state index contributed by atoms with van der Waals surface area (Å²) >= 11 is 0. The summed E-state index contributed by atoms with van der Waals surface area (Å²) in [5.74, 6) is -0.783. The van der Waals surface area contributed by atoms with E-state index in [1.807, 2.05) is 25.1 Å². The van der Waals surface area contributed by atoms with Gasteiger partial charge >= 0.3 is 0 Å². The Morgan fingerprint density at radius 3 is 2.71 bits per heavy atom. The van der Waals surface area contributed by atoms with Crippen LogP contribution < -0.4 is 4.90 Å². The van der Waals surface area contributed by atoms with Crippen molar-refractivity contribution in [2.45, 2.75) is 20.0 Å². The highest BCUT2D eigenvalue weighted by atomic mass is 19.1. The Kier molecular flexibility index (Phi) is 7.53. The van der Waals surface area contributed by atoms with Gasteiger partial charge in [0, 0.05) is 42.0 Å². The Morgan fingerprint density at radius 2 is 2.03 bits per heavy atom. The third-order valence-corrected chi connectivity index (χ3v) is 6.20. The number of halogens is 1. The molecule has 1 atom stereocenters. The van der Waals surface area contributed by atoms with E-state index in [-0.39, 0.29) is 11.5 Å². The topological polar surface area (TPSA) is 78.8 Å². The molecule has 1 N–H and O–H groups in total. The molecular formula is C27H29FN4O3. The molecule has 4 rings (SSSR count). The van der Waals surface area contributed by atoms with Crippen LogP contribution >= 0.6 is 0 Å². The van der Waals surface area contributed by atoms with Crippen LogP contribution in [0.5, 0.6) is 0 Å². The quantitative estimate of drug-likeness (QED) is 0.514. The Bertz CT molecular complexity index is 1270. The molecule has 2 heterocycles. The van der Waals surface area contributed by atoms with Crippen LogP contribution in [-0.4, -0.2) is 58.7 Å². The summed E-state index contributed by atoms with van der Waals surface area (Å²) in [6.45, 7) is 10.4. The van der Waals surface area contributed by atoms with Crippen molar-refractivity contribution >= 4 is 22.5 Å². The maximum atomic E-state index is 15.1. The summed E-state index contributed by atoms with van der Waals surface area (Å²) in [5.41, 5.74) is 3.26. The summed E-state index contributed by atoms with van der Waals surface area (Å²) in [5, 5.41) is 11.8. The number of likely N-dealkylation sites (N-methyl/N-ethyl adjacent to an activating group) is 1. The van der Waals surface area contributed by atoms with Gasteiger partial charge in [-0.15, -0.1) is 0 Å². The third-order valence-electron chi connectivity index (χ3n) is 6.20. The van der Waals surface area contributed by atoms with Gasteiger partial charge in [0.1, 0.15) is 18.2 Å². The number of aliphatic hydroxyl groups is 1. The molecule has 3 aromatic rings. The number of allylic oxidation sites excluding steroid dienone is 1. The number of anilines is 1. The molecule has 1 fully saturated rings. The Hall–Kier alpha value is -3.62. The number of morpholine rings is 1. The van der Waals surface area contributed by atoms with Crippen molar-refractivity contribution < 1.29 is 19.0 Å². The van der Waals surface area contributed by atoms with Crippen LogP contribution in [0.1, 0.15) is 25.5 Å². The lowest BCUT2D eigenvalue weighted by Gasteiger charge is -2.29. The van der Waals surface area contributed by atoms with Gasteiger partial charge in [-0.3, -0.25) is 4.79 Å². The van der Waals surface area contributed by atoms with Gasteiger partial charge in [0.15, 0.2) is 0 Å². The van der Waals surface area contributed by atoms with Gasteiger partial charge < -0.3 is 19.6 Å². The molecule has 0 spiro atoms. The molecule has 35 heavy (non-hydrogen) atoms. The summed E-state index contributed by atoms with van der Waals surface area (Å²) in [4.78, 5) is 24.7. The zero-order valence-electron chi connectivity index (χ0n) is 19.9. The van der Waals surface area contributed by atoms with Gasteiger partial charge in [-0.25, -0.2) is 14.4 Å². The monoisotopic (exact) mass is 476 g/mol. The summed E-state index contributed by atoms with van der Waals surface area (Å²) in [7, 11) is 0. The number of hydrogen-bond acceptors (Lipinski definition) is 6. The molecule has 0 radical (unpaired) electrons. The van der Waals surface area contributed by atoms with Gasteiger partial charge in [-0.05, 0) is 55.8 Å². The van der Waals surface area contributed by atoms with E-state index in [2.05, 4.69) is 21.4 Å². The molecule has 8 heteroatoms. The molecule has 182 valence electrons. The number of aromatic nitrogens is 2. The second kappa shape index (κ2) is 10.8. The molecule has 2 aromatic carbocycles. The third kappa shape index (κ3) is 4.94. The molecule has 1 saturated heterocycles. The maximum Gasteiger partial charge on any atom is 0.250 e. The van der Waals surface area contributed by atoms with E-state index in [1.54, 1.807) is 19.1 Å². The number of carbonyl (C=O) groups excluding carboxylic acids is 1. The van der Waals surface area contributed by atoms with E-state index in [1.165, 1.54) is 29.4 Å². The van der Waals surface area contributed by atoms with Crippen molar-refractivity contribution in [3.63, 3.8) is 0 Å². The largest absolute Gasteiger partial charge is 0.382 e. The number of nitrogens with zero attached hydrogens (tertiary/aromatic N) is 4. The first-order chi connectivity index (χ1) is 17.0. The average molecular weight is 477 g/mol. The van der Waals surface area contributed by atoms with E-state index < -0.39 is 11.9 Å². The number of fused-ring (bicyclic) bond motifs is 1. The number of aliphatic hydroxyl groups excluding tert-OH is 1.